The second kappa shape index (κ2) is 7.77. The van der Waals surface area contributed by atoms with Crippen molar-refractivity contribution in [3.63, 3.8) is 0 Å². The first-order valence-corrected chi connectivity index (χ1v) is 6.85. The molecule has 1 aliphatic rings. The third-order valence-electron chi connectivity index (χ3n) is 2.87. The van der Waals surface area contributed by atoms with Gasteiger partial charge >= 0.3 is 5.97 Å². The summed E-state index contributed by atoms with van der Waals surface area (Å²) in [4.78, 5) is 24.4. The monoisotopic (exact) mass is 265 g/mol. The molecule has 1 heterocycles. The number of amides is 1. The number of hydrogen-bond acceptors (Lipinski definition) is 3. The number of hydrogen-bond donors (Lipinski definition) is 0. The van der Waals surface area contributed by atoms with E-state index < -0.39 is 0 Å². The molecule has 0 radical (unpaired) electrons. The van der Waals surface area contributed by atoms with E-state index in [1.807, 2.05) is 13.8 Å². The van der Waals surface area contributed by atoms with E-state index in [4.69, 9.17) is 4.74 Å². The Labute approximate surface area is 115 Å². The summed E-state index contributed by atoms with van der Waals surface area (Å²) in [5, 5.41) is 0. The topological polar surface area (TPSA) is 46.6 Å². The van der Waals surface area contributed by atoms with Gasteiger partial charge in [-0.05, 0) is 24.8 Å². The summed E-state index contributed by atoms with van der Waals surface area (Å²) < 4.78 is 5.09. The summed E-state index contributed by atoms with van der Waals surface area (Å²) in [5.41, 5.74) is 0.751. The predicted molar refractivity (Wildman–Crippen MR) is 74.3 cm³/mol. The highest BCUT2D eigenvalue weighted by Crippen LogP contribution is 2.14. The summed E-state index contributed by atoms with van der Waals surface area (Å²) in [6, 6.07) is 0. The van der Waals surface area contributed by atoms with Gasteiger partial charge in [-0.15, -0.1) is 0 Å². The molecule has 1 rings (SSSR count). The first-order chi connectivity index (χ1) is 9.00. The number of nitrogens with zero attached hydrogens (tertiary/aromatic N) is 1. The van der Waals surface area contributed by atoms with E-state index in [0.29, 0.717) is 25.5 Å². The number of rotatable bonds is 8. The lowest BCUT2D eigenvalue weighted by atomic mass is 10.2. The molecule has 4 nitrogen and oxygen atoms in total. The van der Waals surface area contributed by atoms with E-state index in [2.05, 4.69) is 6.58 Å². The molecule has 106 valence electrons. The van der Waals surface area contributed by atoms with Crippen LogP contribution in [-0.4, -0.2) is 29.9 Å². The zero-order chi connectivity index (χ0) is 14.3. The lowest BCUT2D eigenvalue weighted by molar-refractivity contribution is -0.144. The molecule has 1 amide bonds. The highest BCUT2D eigenvalue weighted by atomic mass is 16.5. The maximum Gasteiger partial charge on any atom is 0.305 e. The van der Waals surface area contributed by atoms with E-state index in [-0.39, 0.29) is 11.9 Å². The van der Waals surface area contributed by atoms with Crippen molar-refractivity contribution < 1.29 is 14.3 Å². The standard InChI is InChI=1S/C15H23NO3/c1-12(2)11-19-15(18)7-5-4-6-10-16-13(3)8-9-14(16)17/h8-9,12H,3-7,10-11H2,1-2H3. The molecule has 0 aromatic rings. The van der Waals surface area contributed by atoms with Crippen molar-refractivity contribution in [3.05, 3.63) is 24.4 Å². The molecular formula is C15H23NO3. The minimum absolute atomic E-state index is 0.00124. The summed E-state index contributed by atoms with van der Waals surface area (Å²) in [6.07, 6.45) is 6.31. The Bertz CT molecular complexity index is 354. The smallest absolute Gasteiger partial charge is 0.305 e. The lowest BCUT2D eigenvalue weighted by Crippen LogP contribution is -2.24. The van der Waals surface area contributed by atoms with Gasteiger partial charge in [0.1, 0.15) is 0 Å². The highest BCUT2D eigenvalue weighted by Gasteiger charge is 2.17. The van der Waals surface area contributed by atoms with Crippen LogP contribution in [0, 0.1) is 5.92 Å². The fourth-order valence-electron chi connectivity index (χ4n) is 1.79. The van der Waals surface area contributed by atoms with Gasteiger partial charge in [0, 0.05) is 24.7 Å². The molecule has 0 aromatic carbocycles. The van der Waals surface area contributed by atoms with Crippen LogP contribution in [0.3, 0.4) is 0 Å². The van der Waals surface area contributed by atoms with Gasteiger partial charge in [-0.3, -0.25) is 9.59 Å². The van der Waals surface area contributed by atoms with Crippen LogP contribution in [0.2, 0.25) is 0 Å². The average molecular weight is 265 g/mol. The molecule has 0 aliphatic carbocycles. The summed E-state index contributed by atoms with van der Waals surface area (Å²) in [6.45, 7) is 8.99. The molecule has 0 aromatic heterocycles. The van der Waals surface area contributed by atoms with Gasteiger partial charge in [0.2, 0.25) is 0 Å². The molecule has 0 saturated heterocycles. The van der Waals surface area contributed by atoms with Gasteiger partial charge in [0.15, 0.2) is 0 Å². The van der Waals surface area contributed by atoms with Crippen molar-refractivity contribution in [1.82, 2.24) is 4.90 Å². The Morgan fingerprint density at radius 2 is 2.05 bits per heavy atom. The van der Waals surface area contributed by atoms with Crippen LogP contribution < -0.4 is 0 Å². The molecule has 0 N–H and O–H groups in total. The third-order valence-corrected chi connectivity index (χ3v) is 2.87. The number of ether oxygens (including phenoxy) is 1. The van der Waals surface area contributed by atoms with Crippen molar-refractivity contribution in [1.29, 1.82) is 0 Å². The van der Waals surface area contributed by atoms with Gasteiger partial charge in [0.25, 0.3) is 5.91 Å². The summed E-state index contributed by atoms with van der Waals surface area (Å²) in [5.74, 6) is 0.252. The van der Waals surface area contributed by atoms with Crippen molar-refractivity contribution in [3.8, 4) is 0 Å². The summed E-state index contributed by atoms with van der Waals surface area (Å²) >= 11 is 0. The van der Waals surface area contributed by atoms with E-state index >= 15 is 0 Å². The quantitative estimate of drug-likeness (QED) is 0.500. The van der Waals surface area contributed by atoms with Gasteiger partial charge < -0.3 is 9.64 Å². The molecule has 0 bridgehead atoms. The van der Waals surface area contributed by atoms with Gasteiger partial charge in [-0.2, -0.15) is 0 Å². The fraction of sp³-hybridized carbons (Fsp3) is 0.600. The molecule has 4 heteroatoms. The van der Waals surface area contributed by atoms with E-state index in [1.165, 1.54) is 6.08 Å². The van der Waals surface area contributed by atoms with Gasteiger partial charge in [0.05, 0.1) is 6.61 Å². The maximum absolute atomic E-state index is 11.4. The zero-order valence-electron chi connectivity index (χ0n) is 11.9. The molecular weight excluding hydrogens is 242 g/mol. The SMILES string of the molecule is C=C1C=CC(=O)N1CCCCCC(=O)OCC(C)C. The first kappa shape index (κ1) is 15.5. The van der Waals surface area contributed by atoms with Crippen LogP contribution in [0.1, 0.15) is 39.5 Å². The predicted octanol–water partition coefficient (Wildman–Crippen LogP) is 2.66. The van der Waals surface area contributed by atoms with E-state index in [9.17, 15) is 9.59 Å². The number of allylic oxidation sites excluding steroid dienone is 1. The number of unbranched alkanes of at least 4 members (excludes halogenated alkanes) is 2. The normalized spacial score (nSPS) is 14.6. The molecule has 0 atom stereocenters. The molecule has 0 saturated carbocycles. The molecule has 0 unspecified atom stereocenters. The second-order valence-electron chi connectivity index (χ2n) is 5.20. The van der Waals surface area contributed by atoms with Crippen LogP contribution >= 0.6 is 0 Å². The largest absolute Gasteiger partial charge is 0.465 e. The Morgan fingerprint density at radius 3 is 2.63 bits per heavy atom. The van der Waals surface area contributed by atoms with Gasteiger partial charge in [-0.25, -0.2) is 0 Å². The summed E-state index contributed by atoms with van der Waals surface area (Å²) in [7, 11) is 0. The Kier molecular flexibility index (Phi) is 6.33. The van der Waals surface area contributed by atoms with E-state index in [0.717, 1.165) is 25.0 Å². The number of carbonyl (C=O) groups is 2. The fourth-order valence-corrected chi connectivity index (χ4v) is 1.79. The van der Waals surface area contributed by atoms with Gasteiger partial charge in [-0.1, -0.05) is 26.8 Å². The number of carbonyl (C=O) groups excluding carboxylic acids is 2. The van der Waals surface area contributed by atoms with Crippen molar-refractivity contribution >= 4 is 11.9 Å². The van der Waals surface area contributed by atoms with Crippen molar-refractivity contribution in [2.45, 2.75) is 39.5 Å². The Morgan fingerprint density at radius 1 is 1.32 bits per heavy atom. The minimum Gasteiger partial charge on any atom is -0.465 e. The molecule has 1 aliphatic heterocycles. The lowest BCUT2D eigenvalue weighted by Gasteiger charge is -2.16. The van der Waals surface area contributed by atoms with Crippen molar-refractivity contribution in [2.24, 2.45) is 5.92 Å². The maximum atomic E-state index is 11.4. The first-order valence-electron chi connectivity index (χ1n) is 6.85. The average Bonchev–Trinajstić information content (AvgIpc) is 2.67. The van der Waals surface area contributed by atoms with Crippen LogP contribution in [0.4, 0.5) is 0 Å². The van der Waals surface area contributed by atoms with Crippen LogP contribution in [0.25, 0.3) is 0 Å². The molecule has 0 spiro atoms. The molecule has 0 fully saturated rings. The van der Waals surface area contributed by atoms with Crippen LogP contribution in [-0.2, 0) is 14.3 Å². The second-order valence-corrected chi connectivity index (χ2v) is 5.20. The number of esters is 1. The minimum atomic E-state index is -0.128. The highest BCUT2D eigenvalue weighted by molar-refractivity contribution is 5.92. The zero-order valence-corrected chi connectivity index (χ0v) is 11.9. The third kappa shape index (κ3) is 5.73. The van der Waals surface area contributed by atoms with Crippen LogP contribution in [0.5, 0.6) is 0 Å². The molecule has 19 heavy (non-hydrogen) atoms. The van der Waals surface area contributed by atoms with Crippen molar-refractivity contribution in [2.75, 3.05) is 13.2 Å². The Balaban J connectivity index is 2.04. The van der Waals surface area contributed by atoms with Crippen LogP contribution in [0.15, 0.2) is 24.4 Å². The Hall–Kier alpha value is -1.58. The van der Waals surface area contributed by atoms with E-state index in [1.54, 1.807) is 11.0 Å².